The van der Waals surface area contributed by atoms with Gasteiger partial charge >= 0.3 is 0 Å². The topological polar surface area (TPSA) is 21.3 Å². The summed E-state index contributed by atoms with van der Waals surface area (Å²) in [5.74, 6) is 1.13. The van der Waals surface area contributed by atoms with Crippen molar-refractivity contribution < 1.29 is 9.13 Å². The van der Waals surface area contributed by atoms with Crippen molar-refractivity contribution in [3.8, 4) is 5.75 Å². The number of benzene rings is 1. The third kappa shape index (κ3) is 3.43. The normalized spacial score (nSPS) is 16.9. The predicted molar refractivity (Wildman–Crippen MR) is 66.7 cm³/mol. The zero-order chi connectivity index (χ0) is 12.3. The first kappa shape index (κ1) is 12.4. The summed E-state index contributed by atoms with van der Waals surface area (Å²) in [5, 5.41) is 3.32. The van der Waals surface area contributed by atoms with E-state index in [1.165, 1.54) is 25.0 Å². The molecule has 0 radical (unpaired) electrons. The van der Waals surface area contributed by atoms with Gasteiger partial charge in [-0.25, -0.2) is 4.39 Å². The molecule has 1 aliphatic rings. The molecule has 17 heavy (non-hydrogen) atoms. The van der Waals surface area contributed by atoms with Gasteiger partial charge in [0.25, 0.3) is 0 Å². The summed E-state index contributed by atoms with van der Waals surface area (Å²) in [6.07, 6.45) is 2.49. The fourth-order valence-corrected chi connectivity index (χ4v) is 1.90. The van der Waals surface area contributed by atoms with Crippen molar-refractivity contribution in [1.82, 2.24) is 5.32 Å². The minimum absolute atomic E-state index is 0.190. The molecule has 2 nitrogen and oxygen atoms in total. The van der Waals surface area contributed by atoms with Crippen LogP contribution in [0, 0.1) is 11.7 Å². The van der Waals surface area contributed by atoms with Gasteiger partial charge in [0.05, 0.1) is 6.61 Å². The molecule has 0 bridgehead atoms. The monoisotopic (exact) mass is 237 g/mol. The van der Waals surface area contributed by atoms with Gasteiger partial charge in [0.2, 0.25) is 0 Å². The Labute approximate surface area is 102 Å². The molecule has 0 aliphatic heterocycles. The minimum Gasteiger partial charge on any atom is -0.493 e. The van der Waals surface area contributed by atoms with Gasteiger partial charge in [-0.1, -0.05) is 13.0 Å². The highest BCUT2D eigenvalue weighted by molar-refractivity contribution is 5.36. The summed E-state index contributed by atoms with van der Waals surface area (Å²) in [4.78, 5) is 0. The van der Waals surface area contributed by atoms with Gasteiger partial charge in [0, 0.05) is 17.7 Å². The molecule has 0 amide bonds. The average molecular weight is 237 g/mol. The Hall–Kier alpha value is -1.09. The number of nitrogens with one attached hydrogen (secondary N) is 1. The van der Waals surface area contributed by atoms with Gasteiger partial charge in [-0.15, -0.1) is 0 Å². The molecule has 1 fully saturated rings. The lowest BCUT2D eigenvalue weighted by Gasteiger charge is -2.17. The van der Waals surface area contributed by atoms with Crippen LogP contribution in [0.15, 0.2) is 18.2 Å². The predicted octanol–water partition coefficient (Wildman–Crippen LogP) is 3.29. The number of ether oxygens (including phenoxy) is 1. The summed E-state index contributed by atoms with van der Waals surface area (Å²) in [6.45, 7) is 5.74. The molecule has 1 unspecified atom stereocenters. The highest BCUT2D eigenvalue weighted by atomic mass is 19.1. The van der Waals surface area contributed by atoms with Crippen molar-refractivity contribution in [3.63, 3.8) is 0 Å². The second kappa shape index (κ2) is 5.50. The molecule has 1 saturated carbocycles. The van der Waals surface area contributed by atoms with Crippen molar-refractivity contribution in [2.75, 3.05) is 13.2 Å². The maximum Gasteiger partial charge on any atom is 0.126 e. The van der Waals surface area contributed by atoms with Gasteiger partial charge in [-0.2, -0.15) is 0 Å². The molecular formula is C14H20FNO. The minimum atomic E-state index is -0.233. The highest BCUT2D eigenvalue weighted by Gasteiger charge is 2.23. The van der Waals surface area contributed by atoms with Crippen molar-refractivity contribution in [2.24, 2.45) is 5.92 Å². The lowest BCUT2D eigenvalue weighted by molar-refractivity contribution is 0.292. The van der Waals surface area contributed by atoms with Crippen molar-refractivity contribution >= 4 is 0 Å². The van der Waals surface area contributed by atoms with E-state index < -0.39 is 0 Å². The first-order valence-electron chi connectivity index (χ1n) is 6.36. The molecule has 3 heteroatoms. The Bertz CT molecular complexity index is 376. The summed E-state index contributed by atoms with van der Waals surface area (Å²) >= 11 is 0. The van der Waals surface area contributed by atoms with E-state index in [0.29, 0.717) is 11.7 Å². The molecule has 1 aliphatic carbocycles. The average Bonchev–Trinajstić information content (AvgIpc) is 3.10. The number of halogens is 1. The van der Waals surface area contributed by atoms with E-state index in [-0.39, 0.29) is 11.9 Å². The Morgan fingerprint density at radius 3 is 2.88 bits per heavy atom. The fourth-order valence-electron chi connectivity index (χ4n) is 1.90. The zero-order valence-electron chi connectivity index (χ0n) is 10.5. The van der Waals surface area contributed by atoms with Crippen LogP contribution in [0.25, 0.3) is 0 Å². The Kier molecular flexibility index (Phi) is 4.00. The SMILES string of the molecule is CCNC(C)c1ccc(F)cc1OCC1CC1. The third-order valence-electron chi connectivity index (χ3n) is 3.12. The number of rotatable bonds is 6. The van der Waals surface area contributed by atoms with Crippen LogP contribution in [-0.2, 0) is 0 Å². The van der Waals surface area contributed by atoms with Crippen LogP contribution >= 0.6 is 0 Å². The zero-order valence-corrected chi connectivity index (χ0v) is 10.5. The molecule has 0 spiro atoms. The lowest BCUT2D eigenvalue weighted by Crippen LogP contribution is -2.18. The standard InChI is InChI=1S/C14H20FNO/c1-3-16-10(2)13-7-6-12(15)8-14(13)17-9-11-4-5-11/h6-8,10-11,16H,3-5,9H2,1-2H3. The number of hydrogen-bond acceptors (Lipinski definition) is 2. The summed E-state index contributed by atoms with van der Waals surface area (Å²) in [5.41, 5.74) is 1.04. The van der Waals surface area contributed by atoms with Gasteiger partial charge in [-0.05, 0) is 38.3 Å². The van der Waals surface area contributed by atoms with Crippen LogP contribution in [0.4, 0.5) is 4.39 Å². The fraction of sp³-hybridized carbons (Fsp3) is 0.571. The first-order chi connectivity index (χ1) is 8.20. The molecule has 1 aromatic carbocycles. The van der Waals surface area contributed by atoms with Crippen LogP contribution < -0.4 is 10.1 Å². The molecule has 1 atom stereocenters. The van der Waals surface area contributed by atoms with Gasteiger partial charge in [0.15, 0.2) is 0 Å². The van der Waals surface area contributed by atoms with E-state index in [0.717, 1.165) is 18.7 Å². The quantitative estimate of drug-likeness (QED) is 0.819. The Balaban J connectivity index is 2.10. The van der Waals surface area contributed by atoms with E-state index >= 15 is 0 Å². The van der Waals surface area contributed by atoms with Crippen LogP contribution in [0.3, 0.4) is 0 Å². The first-order valence-corrected chi connectivity index (χ1v) is 6.36. The van der Waals surface area contributed by atoms with Gasteiger partial charge in [0.1, 0.15) is 11.6 Å². The Morgan fingerprint density at radius 1 is 1.47 bits per heavy atom. The molecular weight excluding hydrogens is 217 g/mol. The summed E-state index contributed by atoms with van der Waals surface area (Å²) < 4.78 is 19.0. The highest BCUT2D eigenvalue weighted by Crippen LogP contribution is 2.32. The molecule has 94 valence electrons. The van der Waals surface area contributed by atoms with Crippen LogP contribution in [0.1, 0.15) is 38.3 Å². The smallest absolute Gasteiger partial charge is 0.126 e. The molecule has 2 rings (SSSR count). The van der Waals surface area contributed by atoms with E-state index in [2.05, 4.69) is 19.2 Å². The van der Waals surface area contributed by atoms with Crippen molar-refractivity contribution in [3.05, 3.63) is 29.6 Å². The molecule has 1 aromatic rings. The van der Waals surface area contributed by atoms with Crippen molar-refractivity contribution in [2.45, 2.75) is 32.7 Å². The second-order valence-corrected chi connectivity index (χ2v) is 4.72. The summed E-state index contributed by atoms with van der Waals surface area (Å²) in [6, 6.07) is 4.98. The van der Waals surface area contributed by atoms with Gasteiger partial charge < -0.3 is 10.1 Å². The maximum absolute atomic E-state index is 13.2. The Morgan fingerprint density at radius 2 is 2.24 bits per heavy atom. The number of hydrogen-bond donors (Lipinski definition) is 1. The van der Waals surface area contributed by atoms with E-state index in [1.54, 1.807) is 0 Å². The lowest BCUT2D eigenvalue weighted by atomic mass is 10.1. The molecule has 0 aromatic heterocycles. The van der Waals surface area contributed by atoms with Crippen LogP contribution in [0.5, 0.6) is 5.75 Å². The maximum atomic E-state index is 13.2. The third-order valence-corrected chi connectivity index (χ3v) is 3.12. The second-order valence-electron chi connectivity index (χ2n) is 4.72. The van der Waals surface area contributed by atoms with Crippen LogP contribution in [-0.4, -0.2) is 13.2 Å². The molecule has 1 N–H and O–H groups in total. The largest absolute Gasteiger partial charge is 0.493 e. The van der Waals surface area contributed by atoms with E-state index in [1.807, 2.05) is 6.07 Å². The molecule has 0 saturated heterocycles. The molecule has 0 heterocycles. The van der Waals surface area contributed by atoms with Crippen LogP contribution in [0.2, 0.25) is 0 Å². The summed E-state index contributed by atoms with van der Waals surface area (Å²) in [7, 11) is 0. The van der Waals surface area contributed by atoms with Crippen molar-refractivity contribution in [1.29, 1.82) is 0 Å². The van der Waals surface area contributed by atoms with Gasteiger partial charge in [-0.3, -0.25) is 0 Å². The van der Waals surface area contributed by atoms with E-state index in [4.69, 9.17) is 4.74 Å². The van der Waals surface area contributed by atoms with E-state index in [9.17, 15) is 4.39 Å².